The fraction of sp³-hybridized carbons (Fsp3) is 0.500. The minimum absolute atomic E-state index is 0.541. The number of rotatable bonds is 0. The number of alkyl halides is 3. The highest BCUT2D eigenvalue weighted by molar-refractivity contribution is 8.14. The van der Waals surface area contributed by atoms with Crippen molar-refractivity contribution in [1.82, 2.24) is 0 Å². The van der Waals surface area contributed by atoms with Crippen molar-refractivity contribution in [3.8, 4) is 0 Å². The van der Waals surface area contributed by atoms with Crippen LogP contribution in [0.4, 0.5) is 13.2 Å². The average Bonchev–Trinajstić information content (AvgIpc) is 1.62. The predicted molar refractivity (Wildman–Crippen MR) is 29.5 cm³/mol. The molecule has 0 heterocycles. The first-order chi connectivity index (χ1) is 3.95. The highest BCUT2D eigenvalue weighted by atomic mass is 32.2. The predicted octanol–water partition coefficient (Wildman–Crippen LogP) is 0.428. The molecule has 0 rings (SSSR count). The molecule has 3 nitrogen and oxygen atoms in total. The van der Waals surface area contributed by atoms with Gasteiger partial charge in [-0.2, -0.15) is 18.3 Å². The Morgan fingerprint density at radius 3 is 2.00 bits per heavy atom. The molecule has 0 amide bonds. The SMILES string of the molecule is NN=C(N)SC(F)(F)F. The van der Waals surface area contributed by atoms with Crippen LogP contribution in [-0.2, 0) is 0 Å². The van der Waals surface area contributed by atoms with Gasteiger partial charge < -0.3 is 11.6 Å². The van der Waals surface area contributed by atoms with Crippen LogP contribution in [0, 0.1) is 0 Å². The highest BCUT2D eigenvalue weighted by Gasteiger charge is 2.30. The average molecular weight is 159 g/mol. The number of halogens is 3. The Kier molecular flexibility index (Phi) is 2.63. The number of nitrogens with two attached hydrogens (primary N) is 2. The van der Waals surface area contributed by atoms with E-state index in [2.05, 4.69) is 16.7 Å². The zero-order valence-corrected chi connectivity index (χ0v) is 4.96. The number of hydrogen-bond acceptors (Lipinski definition) is 3. The second-order valence-electron chi connectivity index (χ2n) is 1.02. The molecule has 0 unspecified atom stereocenters. The number of hydrogen-bond donors (Lipinski definition) is 2. The topological polar surface area (TPSA) is 64.4 Å². The van der Waals surface area contributed by atoms with Crippen LogP contribution < -0.4 is 11.6 Å². The van der Waals surface area contributed by atoms with Crippen molar-refractivity contribution in [3.63, 3.8) is 0 Å². The molecule has 0 saturated carbocycles. The van der Waals surface area contributed by atoms with E-state index in [9.17, 15) is 13.2 Å². The Hall–Kier alpha value is -0.590. The van der Waals surface area contributed by atoms with E-state index in [4.69, 9.17) is 0 Å². The standard InChI is InChI=1S/C2H4F3N3S/c3-2(4,5)9-1(6)8-7/h7H2,(H2,6,8). The molecule has 0 aromatic rings. The molecule has 0 bridgehead atoms. The molecular formula is C2H4F3N3S. The summed E-state index contributed by atoms with van der Waals surface area (Å²) in [7, 11) is 0. The molecule has 0 aromatic heterocycles. The first-order valence-corrected chi connectivity index (χ1v) is 2.56. The van der Waals surface area contributed by atoms with Crippen LogP contribution in [-0.4, -0.2) is 10.7 Å². The summed E-state index contributed by atoms with van der Waals surface area (Å²) in [5, 5.41) is 1.92. The monoisotopic (exact) mass is 159 g/mol. The molecule has 0 aromatic carbocycles. The van der Waals surface area contributed by atoms with Gasteiger partial charge in [0.1, 0.15) is 0 Å². The van der Waals surface area contributed by atoms with Gasteiger partial charge in [0.25, 0.3) is 0 Å². The van der Waals surface area contributed by atoms with Gasteiger partial charge in [-0.05, 0) is 0 Å². The van der Waals surface area contributed by atoms with E-state index in [0.29, 0.717) is 0 Å². The highest BCUT2D eigenvalue weighted by Crippen LogP contribution is 2.29. The van der Waals surface area contributed by atoms with Crippen LogP contribution in [0.1, 0.15) is 0 Å². The van der Waals surface area contributed by atoms with Crippen molar-refractivity contribution in [3.05, 3.63) is 0 Å². The maximum absolute atomic E-state index is 11.2. The zero-order chi connectivity index (χ0) is 7.49. The summed E-state index contributed by atoms with van der Waals surface area (Å²) in [4.78, 5) is 0. The van der Waals surface area contributed by atoms with Crippen LogP contribution in [0.25, 0.3) is 0 Å². The van der Waals surface area contributed by atoms with Crippen molar-refractivity contribution < 1.29 is 13.2 Å². The normalized spacial score (nSPS) is 13.9. The summed E-state index contributed by atoms with van der Waals surface area (Å²) >= 11 is -0.541. The third-order valence-corrected chi connectivity index (χ3v) is 0.894. The number of amidine groups is 1. The summed E-state index contributed by atoms with van der Waals surface area (Å²) in [5.74, 6) is 4.42. The Balaban J connectivity index is 3.75. The molecule has 9 heavy (non-hydrogen) atoms. The molecule has 0 aliphatic rings. The number of hydrazone groups is 1. The lowest BCUT2D eigenvalue weighted by molar-refractivity contribution is -0.0316. The van der Waals surface area contributed by atoms with Gasteiger partial charge in [0.15, 0.2) is 5.17 Å². The molecular weight excluding hydrogens is 155 g/mol. The molecule has 4 N–H and O–H groups in total. The van der Waals surface area contributed by atoms with Crippen LogP contribution in [0.3, 0.4) is 0 Å². The number of nitrogens with zero attached hydrogens (tertiary/aromatic N) is 1. The Labute approximate surface area is 53.3 Å². The van der Waals surface area contributed by atoms with Crippen molar-refractivity contribution >= 4 is 16.9 Å². The molecule has 0 saturated heterocycles. The lowest BCUT2D eigenvalue weighted by atomic mass is 11.4. The van der Waals surface area contributed by atoms with Crippen LogP contribution in [0.15, 0.2) is 5.10 Å². The maximum Gasteiger partial charge on any atom is 0.449 e. The molecule has 0 radical (unpaired) electrons. The minimum Gasteiger partial charge on any atom is -0.377 e. The molecule has 7 heteroatoms. The van der Waals surface area contributed by atoms with Crippen molar-refractivity contribution in [1.29, 1.82) is 0 Å². The third kappa shape index (κ3) is 5.28. The molecule has 0 aliphatic heterocycles. The summed E-state index contributed by atoms with van der Waals surface area (Å²) in [6, 6.07) is 0. The Bertz CT molecular complexity index is 119. The van der Waals surface area contributed by atoms with E-state index in [0.717, 1.165) is 0 Å². The summed E-state index contributed by atoms with van der Waals surface area (Å²) in [6.45, 7) is 0. The van der Waals surface area contributed by atoms with E-state index in [-0.39, 0.29) is 0 Å². The van der Waals surface area contributed by atoms with Gasteiger partial charge in [0.05, 0.1) is 0 Å². The summed E-state index contributed by atoms with van der Waals surface area (Å²) < 4.78 is 33.7. The number of thioether (sulfide) groups is 1. The van der Waals surface area contributed by atoms with Crippen LogP contribution >= 0.6 is 11.8 Å². The lowest BCUT2D eigenvalue weighted by Crippen LogP contribution is -2.15. The van der Waals surface area contributed by atoms with Crippen LogP contribution in [0.2, 0.25) is 0 Å². The molecule has 0 aliphatic carbocycles. The van der Waals surface area contributed by atoms with Crippen molar-refractivity contribution in [2.75, 3.05) is 0 Å². The van der Waals surface area contributed by atoms with Crippen molar-refractivity contribution in [2.45, 2.75) is 5.51 Å². The summed E-state index contributed by atoms with van der Waals surface area (Å²) in [6.07, 6.45) is 0. The van der Waals surface area contributed by atoms with E-state index in [1.54, 1.807) is 0 Å². The van der Waals surface area contributed by atoms with Gasteiger partial charge in [0.2, 0.25) is 0 Å². The third-order valence-electron chi connectivity index (χ3n) is 0.348. The van der Waals surface area contributed by atoms with E-state index < -0.39 is 22.4 Å². The molecule has 0 spiro atoms. The molecule has 54 valence electrons. The van der Waals surface area contributed by atoms with Crippen molar-refractivity contribution in [2.24, 2.45) is 16.7 Å². The first-order valence-electron chi connectivity index (χ1n) is 1.75. The lowest BCUT2D eigenvalue weighted by Gasteiger charge is -2.01. The van der Waals surface area contributed by atoms with Gasteiger partial charge in [0, 0.05) is 11.8 Å². The minimum atomic E-state index is -4.40. The second-order valence-corrected chi connectivity index (χ2v) is 2.10. The van der Waals surface area contributed by atoms with Gasteiger partial charge in [-0.3, -0.25) is 0 Å². The van der Waals surface area contributed by atoms with E-state index in [1.807, 2.05) is 0 Å². The van der Waals surface area contributed by atoms with Crippen LogP contribution in [0.5, 0.6) is 0 Å². The quantitative estimate of drug-likeness (QED) is 0.233. The smallest absolute Gasteiger partial charge is 0.377 e. The van der Waals surface area contributed by atoms with Gasteiger partial charge in [-0.25, -0.2) is 0 Å². The first kappa shape index (κ1) is 8.41. The fourth-order valence-electron chi connectivity index (χ4n) is 0.145. The van der Waals surface area contributed by atoms with Gasteiger partial charge >= 0.3 is 5.51 Å². The molecule has 0 atom stereocenters. The van der Waals surface area contributed by atoms with E-state index in [1.165, 1.54) is 0 Å². The van der Waals surface area contributed by atoms with Gasteiger partial charge in [-0.15, -0.1) is 0 Å². The second kappa shape index (κ2) is 2.81. The maximum atomic E-state index is 11.2. The van der Waals surface area contributed by atoms with E-state index >= 15 is 0 Å². The zero-order valence-electron chi connectivity index (χ0n) is 4.14. The Morgan fingerprint density at radius 1 is 1.44 bits per heavy atom. The summed E-state index contributed by atoms with van der Waals surface area (Å²) in [5.41, 5.74) is 0.231. The molecule has 0 fully saturated rings. The van der Waals surface area contributed by atoms with Gasteiger partial charge in [-0.1, -0.05) is 0 Å². The fourth-order valence-corrected chi connectivity index (χ4v) is 0.435. The Morgan fingerprint density at radius 2 is 1.89 bits per heavy atom. The largest absolute Gasteiger partial charge is 0.449 e.